The molecule has 0 radical (unpaired) electrons. The molecule has 1 heteroatoms. The molecule has 1 N–H and O–H groups in total. The van der Waals surface area contributed by atoms with Gasteiger partial charge in [-0.15, -0.1) is 0 Å². The maximum atomic E-state index is 3.77. The van der Waals surface area contributed by atoms with Crippen molar-refractivity contribution in [3.8, 4) is 0 Å². The Morgan fingerprint density at radius 1 is 1.05 bits per heavy atom. The van der Waals surface area contributed by atoms with E-state index in [1.807, 2.05) is 0 Å². The largest absolute Gasteiger partial charge is 0.314 e. The van der Waals surface area contributed by atoms with Crippen LogP contribution in [0.2, 0.25) is 0 Å². The van der Waals surface area contributed by atoms with E-state index < -0.39 is 0 Å². The molecule has 2 unspecified atom stereocenters. The average Bonchev–Trinajstić information content (AvgIpc) is 2.23. The predicted octanol–water partition coefficient (Wildman–Crippen LogP) is 4.62. The molecule has 4 aliphatic rings. The van der Waals surface area contributed by atoms with Crippen LogP contribution < -0.4 is 5.32 Å². The predicted molar refractivity (Wildman–Crippen MR) is 82.1 cm³/mol. The van der Waals surface area contributed by atoms with Crippen molar-refractivity contribution in [2.75, 3.05) is 6.54 Å². The van der Waals surface area contributed by atoms with Crippen LogP contribution >= 0.6 is 0 Å². The molecule has 1 nitrogen and oxygen atoms in total. The number of hydrogen-bond acceptors (Lipinski definition) is 1. The Morgan fingerprint density at radius 2 is 1.63 bits per heavy atom. The Morgan fingerprint density at radius 3 is 2.11 bits per heavy atom. The molecule has 2 atom stereocenters. The fourth-order valence-electron chi connectivity index (χ4n) is 5.96. The molecule has 0 aliphatic heterocycles. The molecule has 0 aromatic carbocycles. The van der Waals surface area contributed by atoms with Crippen LogP contribution in [0.15, 0.2) is 0 Å². The van der Waals surface area contributed by atoms with Crippen LogP contribution in [0.1, 0.15) is 73.1 Å². The van der Waals surface area contributed by atoms with E-state index in [2.05, 4.69) is 39.9 Å². The number of hydrogen-bond donors (Lipinski definition) is 1. The van der Waals surface area contributed by atoms with Crippen molar-refractivity contribution in [3.63, 3.8) is 0 Å². The molecule has 19 heavy (non-hydrogen) atoms. The second kappa shape index (κ2) is 4.23. The van der Waals surface area contributed by atoms with Crippen LogP contribution in [0.4, 0.5) is 0 Å². The van der Waals surface area contributed by atoms with Crippen molar-refractivity contribution in [3.05, 3.63) is 0 Å². The van der Waals surface area contributed by atoms with Crippen molar-refractivity contribution in [2.45, 2.75) is 79.2 Å². The Bertz CT molecular complexity index is 335. The van der Waals surface area contributed by atoms with Crippen molar-refractivity contribution in [2.24, 2.45) is 28.1 Å². The molecule has 0 heterocycles. The molecule has 4 saturated carbocycles. The molecule has 0 spiro atoms. The fraction of sp³-hybridized carbons (Fsp3) is 1.00. The van der Waals surface area contributed by atoms with Gasteiger partial charge in [0.2, 0.25) is 0 Å². The zero-order valence-corrected chi connectivity index (χ0v) is 13.7. The summed E-state index contributed by atoms with van der Waals surface area (Å²) in [6.45, 7) is 13.4. The third kappa shape index (κ3) is 2.26. The minimum absolute atomic E-state index is 0.494. The third-order valence-corrected chi connectivity index (χ3v) is 6.66. The van der Waals surface area contributed by atoms with Crippen LogP contribution in [-0.2, 0) is 0 Å². The zero-order chi connectivity index (χ0) is 13.9. The Labute approximate surface area is 119 Å². The van der Waals surface area contributed by atoms with E-state index in [9.17, 15) is 0 Å². The summed E-state index contributed by atoms with van der Waals surface area (Å²) in [6.07, 6.45) is 9.12. The maximum absolute atomic E-state index is 3.77. The molecule has 110 valence electrons. The van der Waals surface area contributed by atoms with Crippen LogP contribution in [0.25, 0.3) is 0 Å². The highest BCUT2D eigenvalue weighted by molar-refractivity contribution is 5.11. The Hall–Kier alpha value is -0.0400. The van der Waals surface area contributed by atoms with Crippen LogP contribution in [0.5, 0.6) is 0 Å². The van der Waals surface area contributed by atoms with Crippen LogP contribution in [-0.4, -0.2) is 12.6 Å². The number of rotatable bonds is 3. The topological polar surface area (TPSA) is 12.0 Å². The van der Waals surface area contributed by atoms with Gasteiger partial charge < -0.3 is 5.32 Å². The summed E-state index contributed by atoms with van der Waals surface area (Å²) in [5, 5.41) is 3.77. The van der Waals surface area contributed by atoms with Gasteiger partial charge in [-0.2, -0.15) is 0 Å². The minimum Gasteiger partial charge on any atom is -0.314 e. The van der Waals surface area contributed by atoms with Gasteiger partial charge in [0.1, 0.15) is 0 Å². The lowest BCUT2D eigenvalue weighted by molar-refractivity contribution is -0.155. The van der Waals surface area contributed by atoms with E-state index in [0.717, 1.165) is 11.8 Å². The van der Waals surface area contributed by atoms with E-state index in [0.29, 0.717) is 22.3 Å². The lowest BCUT2D eigenvalue weighted by atomic mass is 9.39. The van der Waals surface area contributed by atoms with Gasteiger partial charge in [-0.25, -0.2) is 0 Å². The first-order valence-electron chi connectivity index (χ1n) is 8.47. The van der Waals surface area contributed by atoms with Gasteiger partial charge in [0, 0.05) is 12.6 Å². The summed E-state index contributed by atoms with van der Waals surface area (Å²) in [7, 11) is 0. The van der Waals surface area contributed by atoms with Gasteiger partial charge >= 0.3 is 0 Å². The SMILES string of the molecule is CC(C)NCC12CC3CC(C1)CC(C(C)(C)C)(C3)C2. The van der Waals surface area contributed by atoms with E-state index >= 15 is 0 Å². The van der Waals surface area contributed by atoms with Crippen LogP contribution in [0, 0.1) is 28.1 Å². The Kier molecular flexibility index (Phi) is 3.10. The molecule has 4 rings (SSSR count). The van der Waals surface area contributed by atoms with Crippen molar-refractivity contribution >= 4 is 0 Å². The highest BCUT2D eigenvalue weighted by Gasteiger charge is 2.60. The molecular weight excluding hydrogens is 230 g/mol. The average molecular weight is 263 g/mol. The van der Waals surface area contributed by atoms with Gasteiger partial charge in [-0.1, -0.05) is 34.6 Å². The first-order chi connectivity index (χ1) is 8.74. The molecule has 0 aromatic heterocycles. The highest BCUT2D eigenvalue weighted by atomic mass is 14.9. The molecule has 0 amide bonds. The number of nitrogens with one attached hydrogen (secondary N) is 1. The summed E-state index contributed by atoms with van der Waals surface area (Å²) in [6, 6.07) is 0.638. The van der Waals surface area contributed by atoms with E-state index in [1.54, 1.807) is 6.42 Å². The maximum Gasteiger partial charge on any atom is 0.00106 e. The summed E-state index contributed by atoms with van der Waals surface area (Å²) in [5.74, 6) is 2.07. The standard InChI is InChI=1S/C18H33N/c1-13(2)19-12-17-7-14-6-15(8-17)10-18(9-14,11-17)16(3,4)5/h13-15,19H,6-12H2,1-5H3. The monoisotopic (exact) mass is 263 g/mol. The fourth-order valence-corrected chi connectivity index (χ4v) is 5.96. The third-order valence-electron chi connectivity index (χ3n) is 6.66. The smallest absolute Gasteiger partial charge is 0.00106 e. The highest BCUT2D eigenvalue weighted by Crippen LogP contribution is 2.69. The lowest BCUT2D eigenvalue weighted by Crippen LogP contribution is -2.59. The van der Waals surface area contributed by atoms with E-state index in [-0.39, 0.29) is 0 Å². The van der Waals surface area contributed by atoms with Gasteiger partial charge in [0.05, 0.1) is 0 Å². The Balaban J connectivity index is 1.85. The summed E-state index contributed by atoms with van der Waals surface area (Å²) in [4.78, 5) is 0. The normalized spacial score (nSPS) is 45.2. The molecular formula is C18H33N. The molecule has 4 fully saturated rings. The summed E-state index contributed by atoms with van der Waals surface area (Å²) < 4.78 is 0. The van der Waals surface area contributed by atoms with Crippen molar-refractivity contribution in [1.82, 2.24) is 5.32 Å². The quantitative estimate of drug-likeness (QED) is 0.783. The van der Waals surface area contributed by atoms with E-state index in [4.69, 9.17) is 0 Å². The van der Waals surface area contributed by atoms with Crippen molar-refractivity contribution in [1.29, 1.82) is 0 Å². The molecule has 0 saturated heterocycles. The van der Waals surface area contributed by atoms with Crippen molar-refractivity contribution < 1.29 is 0 Å². The van der Waals surface area contributed by atoms with Crippen LogP contribution in [0.3, 0.4) is 0 Å². The molecule has 4 aliphatic carbocycles. The van der Waals surface area contributed by atoms with Gasteiger partial charge in [0.25, 0.3) is 0 Å². The van der Waals surface area contributed by atoms with Gasteiger partial charge in [-0.3, -0.25) is 0 Å². The summed E-state index contributed by atoms with van der Waals surface area (Å²) >= 11 is 0. The minimum atomic E-state index is 0.494. The lowest BCUT2D eigenvalue weighted by Gasteiger charge is -2.66. The summed E-state index contributed by atoms with van der Waals surface area (Å²) in [5.41, 5.74) is 1.78. The molecule has 4 bridgehead atoms. The second-order valence-corrected chi connectivity index (χ2v) is 9.53. The molecule has 0 aromatic rings. The zero-order valence-electron chi connectivity index (χ0n) is 13.7. The van der Waals surface area contributed by atoms with E-state index in [1.165, 1.54) is 38.6 Å². The van der Waals surface area contributed by atoms with Gasteiger partial charge in [0.15, 0.2) is 0 Å². The first-order valence-corrected chi connectivity index (χ1v) is 8.47. The first kappa shape index (κ1) is 13.9. The van der Waals surface area contributed by atoms with Gasteiger partial charge in [-0.05, 0) is 66.6 Å². The second-order valence-electron chi connectivity index (χ2n) is 9.53.